The van der Waals surface area contributed by atoms with Crippen molar-refractivity contribution >= 4 is 22.8 Å². The molecule has 1 aliphatic rings. The SMILES string of the molecule is O=c1[nH]c2cnc(Nc3ccc(F)cc3)nc2n1C1CCNCC1. The molecule has 1 aromatic carbocycles. The predicted molar refractivity (Wildman–Crippen MR) is 89.0 cm³/mol. The fraction of sp³-hybridized carbons (Fsp3) is 0.312. The summed E-state index contributed by atoms with van der Waals surface area (Å²) in [5.41, 5.74) is 1.72. The molecule has 3 heterocycles. The Bertz CT molecular complexity index is 910. The van der Waals surface area contributed by atoms with Crippen molar-refractivity contribution in [2.45, 2.75) is 18.9 Å². The van der Waals surface area contributed by atoms with E-state index in [0.717, 1.165) is 25.9 Å². The molecular formula is C16H17FN6O. The Morgan fingerprint density at radius 3 is 2.71 bits per heavy atom. The molecule has 0 unspecified atom stereocenters. The maximum absolute atomic E-state index is 13.0. The molecule has 0 aliphatic carbocycles. The normalized spacial score (nSPS) is 15.7. The highest BCUT2D eigenvalue weighted by Gasteiger charge is 2.20. The van der Waals surface area contributed by atoms with Crippen molar-refractivity contribution in [3.63, 3.8) is 0 Å². The van der Waals surface area contributed by atoms with Crippen LogP contribution in [0.5, 0.6) is 0 Å². The molecule has 0 amide bonds. The fourth-order valence-corrected chi connectivity index (χ4v) is 3.04. The van der Waals surface area contributed by atoms with Gasteiger partial charge in [0.25, 0.3) is 0 Å². The van der Waals surface area contributed by atoms with E-state index in [2.05, 4.69) is 25.6 Å². The Balaban J connectivity index is 1.71. The van der Waals surface area contributed by atoms with Gasteiger partial charge in [-0.05, 0) is 50.2 Å². The van der Waals surface area contributed by atoms with Crippen LogP contribution in [0.2, 0.25) is 0 Å². The molecule has 8 heteroatoms. The standard InChI is InChI=1S/C16H17FN6O/c17-10-1-3-11(4-2-10)20-15-19-9-13-14(22-15)23(16(24)21-13)12-5-7-18-8-6-12/h1-4,9,12,18H,5-8H2,(H,21,24)(H,19,20,22). The molecule has 124 valence electrons. The number of aromatic amines is 1. The number of piperidine rings is 1. The van der Waals surface area contributed by atoms with Gasteiger partial charge in [-0.2, -0.15) is 4.98 Å². The van der Waals surface area contributed by atoms with Gasteiger partial charge in [0.15, 0.2) is 5.65 Å². The summed E-state index contributed by atoms with van der Waals surface area (Å²) < 4.78 is 14.7. The second-order valence-electron chi connectivity index (χ2n) is 5.84. The van der Waals surface area contributed by atoms with Gasteiger partial charge >= 0.3 is 5.69 Å². The first-order valence-electron chi connectivity index (χ1n) is 7.91. The third-order valence-corrected chi connectivity index (χ3v) is 4.23. The van der Waals surface area contributed by atoms with Gasteiger partial charge in [-0.1, -0.05) is 0 Å². The number of aromatic nitrogens is 4. The Morgan fingerprint density at radius 2 is 1.96 bits per heavy atom. The Morgan fingerprint density at radius 1 is 1.21 bits per heavy atom. The lowest BCUT2D eigenvalue weighted by atomic mass is 10.1. The van der Waals surface area contributed by atoms with E-state index in [9.17, 15) is 9.18 Å². The zero-order valence-corrected chi connectivity index (χ0v) is 12.9. The summed E-state index contributed by atoms with van der Waals surface area (Å²) in [7, 11) is 0. The smallest absolute Gasteiger partial charge is 0.324 e. The molecule has 7 nitrogen and oxygen atoms in total. The number of halogens is 1. The van der Waals surface area contributed by atoms with Crippen LogP contribution in [0.15, 0.2) is 35.3 Å². The zero-order chi connectivity index (χ0) is 16.5. The summed E-state index contributed by atoms with van der Waals surface area (Å²) >= 11 is 0. The van der Waals surface area contributed by atoms with Gasteiger partial charge in [0.2, 0.25) is 5.95 Å². The van der Waals surface area contributed by atoms with Crippen molar-refractivity contribution in [2.75, 3.05) is 18.4 Å². The molecule has 0 radical (unpaired) electrons. The number of imidazole rings is 1. The molecule has 2 aromatic heterocycles. The van der Waals surface area contributed by atoms with E-state index >= 15 is 0 Å². The maximum atomic E-state index is 13.0. The maximum Gasteiger partial charge on any atom is 0.327 e. The lowest BCUT2D eigenvalue weighted by Gasteiger charge is -2.23. The monoisotopic (exact) mass is 328 g/mol. The highest BCUT2D eigenvalue weighted by molar-refractivity contribution is 5.72. The second-order valence-corrected chi connectivity index (χ2v) is 5.84. The zero-order valence-electron chi connectivity index (χ0n) is 12.9. The van der Waals surface area contributed by atoms with Crippen molar-refractivity contribution in [1.29, 1.82) is 0 Å². The number of rotatable bonds is 3. The first kappa shape index (κ1) is 14.8. The second kappa shape index (κ2) is 6.04. The molecule has 4 rings (SSSR count). The minimum absolute atomic E-state index is 0.126. The number of benzene rings is 1. The summed E-state index contributed by atoms with van der Waals surface area (Å²) in [6.45, 7) is 1.77. The molecule has 0 atom stereocenters. The lowest BCUT2D eigenvalue weighted by molar-refractivity contribution is 0.367. The number of hydrogen-bond acceptors (Lipinski definition) is 5. The van der Waals surface area contributed by atoms with Crippen molar-refractivity contribution in [2.24, 2.45) is 0 Å². The molecule has 1 fully saturated rings. The highest BCUT2D eigenvalue weighted by atomic mass is 19.1. The minimum atomic E-state index is -0.303. The fourth-order valence-electron chi connectivity index (χ4n) is 3.04. The van der Waals surface area contributed by atoms with Crippen LogP contribution < -0.4 is 16.3 Å². The largest absolute Gasteiger partial charge is 0.327 e. The minimum Gasteiger partial charge on any atom is -0.324 e. The van der Waals surface area contributed by atoms with Crippen LogP contribution in [0.1, 0.15) is 18.9 Å². The summed E-state index contributed by atoms with van der Waals surface area (Å²) in [6, 6.07) is 6.07. The molecule has 24 heavy (non-hydrogen) atoms. The Labute approximate surface area is 136 Å². The number of hydrogen-bond donors (Lipinski definition) is 3. The van der Waals surface area contributed by atoms with Crippen molar-refractivity contribution in [3.05, 3.63) is 46.8 Å². The first-order chi connectivity index (χ1) is 11.7. The highest BCUT2D eigenvalue weighted by Crippen LogP contribution is 2.22. The first-order valence-corrected chi connectivity index (χ1v) is 7.91. The van der Waals surface area contributed by atoms with Gasteiger partial charge in [0, 0.05) is 11.7 Å². The predicted octanol–water partition coefficient (Wildman–Crippen LogP) is 1.93. The Hall–Kier alpha value is -2.74. The van der Waals surface area contributed by atoms with E-state index in [1.54, 1.807) is 22.9 Å². The van der Waals surface area contributed by atoms with E-state index in [0.29, 0.717) is 22.8 Å². The van der Waals surface area contributed by atoms with Gasteiger partial charge < -0.3 is 15.6 Å². The number of H-pyrrole nitrogens is 1. The van der Waals surface area contributed by atoms with Gasteiger partial charge in [-0.3, -0.25) is 4.57 Å². The van der Waals surface area contributed by atoms with Crippen molar-refractivity contribution in [3.8, 4) is 0 Å². The van der Waals surface area contributed by atoms with E-state index in [1.807, 2.05) is 0 Å². The average molecular weight is 328 g/mol. The van der Waals surface area contributed by atoms with E-state index in [1.165, 1.54) is 12.1 Å². The quantitative estimate of drug-likeness (QED) is 0.684. The third kappa shape index (κ3) is 2.76. The molecule has 3 N–H and O–H groups in total. The molecule has 3 aromatic rings. The van der Waals surface area contributed by atoms with Crippen LogP contribution >= 0.6 is 0 Å². The lowest BCUT2D eigenvalue weighted by Crippen LogP contribution is -2.33. The van der Waals surface area contributed by atoms with Crippen LogP contribution in [0.3, 0.4) is 0 Å². The Kier molecular flexibility index (Phi) is 3.73. The number of anilines is 2. The summed E-state index contributed by atoms with van der Waals surface area (Å²) in [6.07, 6.45) is 3.36. The molecule has 1 aliphatic heterocycles. The van der Waals surface area contributed by atoms with E-state index in [4.69, 9.17) is 0 Å². The number of nitrogens with zero attached hydrogens (tertiary/aromatic N) is 3. The van der Waals surface area contributed by atoms with Crippen LogP contribution in [-0.2, 0) is 0 Å². The van der Waals surface area contributed by atoms with Crippen LogP contribution in [0.4, 0.5) is 16.0 Å². The molecule has 0 bridgehead atoms. The summed E-state index contributed by atoms with van der Waals surface area (Å²) in [5.74, 6) is 0.0677. The van der Waals surface area contributed by atoms with Gasteiger partial charge in [0.05, 0.1) is 6.20 Å². The van der Waals surface area contributed by atoms with Crippen LogP contribution in [0.25, 0.3) is 11.2 Å². The van der Waals surface area contributed by atoms with Crippen LogP contribution in [0, 0.1) is 5.82 Å². The summed E-state index contributed by atoms with van der Waals surface area (Å²) in [5, 5.41) is 6.32. The van der Waals surface area contributed by atoms with Gasteiger partial charge in [-0.15, -0.1) is 0 Å². The van der Waals surface area contributed by atoms with E-state index in [-0.39, 0.29) is 17.5 Å². The van der Waals surface area contributed by atoms with Crippen LogP contribution in [-0.4, -0.2) is 32.6 Å². The molecule has 0 spiro atoms. The van der Waals surface area contributed by atoms with E-state index < -0.39 is 0 Å². The molecule has 0 saturated carbocycles. The topological polar surface area (TPSA) is 87.6 Å². The number of fused-ring (bicyclic) bond motifs is 1. The average Bonchev–Trinajstić information content (AvgIpc) is 2.93. The molecule has 1 saturated heterocycles. The van der Waals surface area contributed by atoms with Gasteiger partial charge in [0.1, 0.15) is 11.3 Å². The van der Waals surface area contributed by atoms with Crippen molar-refractivity contribution < 1.29 is 4.39 Å². The molecular weight excluding hydrogens is 311 g/mol. The third-order valence-electron chi connectivity index (χ3n) is 4.23. The van der Waals surface area contributed by atoms with Crippen molar-refractivity contribution in [1.82, 2.24) is 24.8 Å². The van der Waals surface area contributed by atoms with Gasteiger partial charge in [-0.25, -0.2) is 14.2 Å². The number of nitrogens with one attached hydrogen (secondary N) is 3. The summed E-state index contributed by atoms with van der Waals surface area (Å²) in [4.78, 5) is 23.8.